The van der Waals surface area contributed by atoms with Crippen LogP contribution < -0.4 is 4.90 Å². The van der Waals surface area contributed by atoms with Crippen LogP contribution >= 0.6 is 23.2 Å². The van der Waals surface area contributed by atoms with Crippen LogP contribution in [0.2, 0.25) is 10.0 Å². The lowest BCUT2D eigenvalue weighted by molar-refractivity contribution is -0.131. The normalized spacial score (nSPS) is 14.9. The third-order valence-electron chi connectivity index (χ3n) is 6.97. The Morgan fingerprint density at radius 2 is 1.60 bits per heavy atom. The number of fused-ring (bicyclic) bond motifs is 1. The standard InChI is InChI=1S/C29H29Cl2N3O/c1-2-32-20-27(25-11-3-4-12-28(25)32)26(21-7-5-8-22(30)17-21)19-29(35)34-15-13-33(14-16-34)24-10-6-9-23(31)18-24/h3-12,17-18,20,26H,2,13-16,19H2,1H3/t26-/m0/s1. The molecule has 2 heterocycles. The second-order valence-electron chi connectivity index (χ2n) is 9.05. The fraction of sp³-hybridized carbons (Fsp3) is 0.276. The molecular formula is C29H29Cl2N3O. The lowest BCUT2D eigenvalue weighted by Gasteiger charge is -2.36. The van der Waals surface area contributed by atoms with Crippen molar-refractivity contribution in [2.45, 2.75) is 25.8 Å². The average molecular weight is 506 g/mol. The van der Waals surface area contributed by atoms with Gasteiger partial charge in [-0.1, -0.05) is 59.6 Å². The van der Waals surface area contributed by atoms with Crippen LogP contribution in [0.25, 0.3) is 10.9 Å². The maximum absolute atomic E-state index is 13.6. The van der Waals surface area contributed by atoms with Gasteiger partial charge in [-0.3, -0.25) is 4.79 Å². The molecule has 0 radical (unpaired) electrons. The molecular weight excluding hydrogens is 477 g/mol. The second kappa shape index (κ2) is 10.3. The highest BCUT2D eigenvalue weighted by atomic mass is 35.5. The van der Waals surface area contributed by atoms with E-state index in [4.69, 9.17) is 23.2 Å². The molecule has 6 heteroatoms. The smallest absolute Gasteiger partial charge is 0.223 e. The number of carbonyl (C=O) groups excluding carboxylic acids is 1. The molecule has 0 saturated carbocycles. The molecule has 5 rings (SSSR count). The van der Waals surface area contributed by atoms with Gasteiger partial charge >= 0.3 is 0 Å². The van der Waals surface area contributed by atoms with Crippen LogP contribution in [0.1, 0.15) is 30.4 Å². The molecule has 4 aromatic rings. The molecule has 1 saturated heterocycles. The van der Waals surface area contributed by atoms with E-state index >= 15 is 0 Å². The number of aryl methyl sites for hydroxylation is 1. The number of rotatable bonds is 6. The summed E-state index contributed by atoms with van der Waals surface area (Å²) in [6.07, 6.45) is 2.62. The van der Waals surface area contributed by atoms with Gasteiger partial charge in [-0.2, -0.15) is 0 Å². The van der Waals surface area contributed by atoms with Gasteiger partial charge in [-0.05, 0) is 54.4 Å². The molecule has 1 amide bonds. The lowest BCUT2D eigenvalue weighted by Crippen LogP contribution is -2.49. The molecule has 1 atom stereocenters. The van der Waals surface area contributed by atoms with Gasteiger partial charge in [0.05, 0.1) is 0 Å². The number of para-hydroxylation sites is 1. The van der Waals surface area contributed by atoms with Gasteiger partial charge < -0.3 is 14.4 Å². The molecule has 0 aliphatic carbocycles. The molecule has 1 fully saturated rings. The van der Waals surface area contributed by atoms with Crippen LogP contribution in [0, 0.1) is 0 Å². The minimum absolute atomic E-state index is 0.0649. The summed E-state index contributed by atoms with van der Waals surface area (Å²) in [6.45, 7) is 6.01. The van der Waals surface area contributed by atoms with E-state index in [1.165, 1.54) is 16.5 Å². The zero-order valence-corrected chi connectivity index (χ0v) is 21.3. The van der Waals surface area contributed by atoms with E-state index in [1.54, 1.807) is 0 Å². The van der Waals surface area contributed by atoms with Crippen molar-refractivity contribution in [1.82, 2.24) is 9.47 Å². The molecule has 4 nitrogen and oxygen atoms in total. The Hall–Kier alpha value is -2.95. The summed E-state index contributed by atoms with van der Waals surface area (Å²) in [5.41, 5.74) is 4.55. The summed E-state index contributed by atoms with van der Waals surface area (Å²) >= 11 is 12.6. The summed E-state index contributed by atoms with van der Waals surface area (Å²) in [7, 11) is 0. The Morgan fingerprint density at radius 1 is 0.886 bits per heavy atom. The van der Waals surface area contributed by atoms with E-state index < -0.39 is 0 Å². The zero-order chi connectivity index (χ0) is 24.4. The van der Waals surface area contributed by atoms with Gasteiger partial charge in [-0.15, -0.1) is 0 Å². The molecule has 0 bridgehead atoms. The van der Waals surface area contributed by atoms with E-state index in [2.05, 4.69) is 59.0 Å². The van der Waals surface area contributed by atoms with Gasteiger partial charge in [0, 0.05) is 77.9 Å². The Morgan fingerprint density at radius 3 is 2.31 bits per heavy atom. The molecule has 1 aromatic heterocycles. The number of nitrogens with zero attached hydrogens (tertiary/aromatic N) is 3. The second-order valence-corrected chi connectivity index (χ2v) is 9.92. The first kappa shape index (κ1) is 23.8. The number of piperazine rings is 1. The highest BCUT2D eigenvalue weighted by molar-refractivity contribution is 6.31. The molecule has 0 spiro atoms. The third kappa shape index (κ3) is 5.05. The minimum Gasteiger partial charge on any atom is -0.368 e. The quantitative estimate of drug-likeness (QED) is 0.287. The first-order valence-corrected chi connectivity index (χ1v) is 12.9. The monoisotopic (exact) mass is 505 g/mol. The molecule has 1 aliphatic heterocycles. The fourth-order valence-electron chi connectivity index (χ4n) is 5.14. The molecule has 3 aromatic carbocycles. The topological polar surface area (TPSA) is 28.5 Å². The first-order chi connectivity index (χ1) is 17.0. The summed E-state index contributed by atoms with van der Waals surface area (Å²) in [5.74, 6) is 0.110. The number of benzene rings is 3. The van der Waals surface area contributed by atoms with E-state index in [0.29, 0.717) is 24.5 Å². The van der Waals surface area contributed by atoms with E-state index in [-0.39, 0.29) is 11.8 Å². The van der Waals surface area contributed by atoms with E-state index in [1.807, 2.05) is 41.3 Å². The Balaban J connectivity index is 1.40. The summed E-state index contributed by atoms with van der Waals surface area (Å²) in [4.78, 5) is 17.9. The van der Waals surface area contributed by atoms with Crippen LogP contribution in [0.5, 0.6) is 0 Å². The Bertz CT molecular complexity index is 1340. The summed E-state index contributed by atoms with van der Waals surface area (Å²) < 4.78 is 2.26. The van der Waals surface area contributed by atoms with Crippen molar-refractivity contribution in [2.24, 2.45) is 0 Å². The molecule has 1 aliphatic rings. The Kier molecular flexibility index (Phi) is 7.03. The van der Waals surface area contributed by atoms with Crippen molar-refractivity contribution < 1.29 is 4.79 Å². The number of carbonyl (C=O) groups is 1. The summed E-state index contributed by atoms with van der Waals surface area (Å²) in [5, 5.41) is 2.61. The van der Waals surface area contributed by atoms with E-state index in [0.717, 1.165) is 35.9 Å². The van der Waals surface area contributed by atoms with Crippen molar-refractivity contribution in [3.63, 3.8) is 0 Å². The lowest BCUT2D eigenvalue weighted by atomic mass is 9.87. The molecule has 0 N–H and O–H groups in total. The van der Waals surface area contributed by atoms with Gasteiger partial charge in [0.25, 0.3) is 0 Å². The molecule has 35 heavy (non-hydrogen) atoms. The van der Waals surface area contributed by atoms with Gasteiger partial charge in [0.2, 0.25) is 5.91 Å². The number of hydrogen-bond donors (Lipinski definition) is 0. The number of aromatic nitrogens is 1. The van der Waals surface area contributed by atoms with Crippen LogP contribution in [0.3, 0.4) is 0 Å². The SMILES string of the molecule is CCn1cc([C@@H](CC(=O)N2CCN(c3cccc(Cl)c3)CC2)c2cccc(Cl)c2)c2ccccc21. The van der Waals surface area contributed by atoms with Crippen LogP contribution in [0.4, 0.5) is 5.69 Å². The van der Waals surface area contributed by atoms with Crippen LogP contribution in [-0.4, -0.2) is 41.6 Å². The maximum Gasteiger partial charge on any atom is 0.223 e. The first-order valence-electron chi connectivity index (χ1n) is 12.1. The number of hydrogen-bond acceptors (Lipinski definition) is 2. The zero-order valence-electron chi connectivity index (χ0n) is 19.8. The number of amides is 1. The number of anilines is 1. The van der Waals surface area contributed by atoms with E-state index in [9.17, 15) is 4.79 Å². The largest absolute Gasteiger partial charge is 0.368 e. The highest BCUT2D eigenvalue weighted by Crippen LogP contribution is 2.36. The van der Waals surface area contributed by atoms with Gasteiger partial charge in [-0.25, -0.2) is 0 Å². The van der Waals surface area contributed by atoms with Crippen molar-refractivity contribution >= 4 is 45.7 Å². The highest BCUT2D eigenvalue weighted by Gasteiger charge is 2.27. The minimum atomic E-state index is -0.0649. The molecule has 0 unspecified atom stereocenters. The fourth-order valence-corrected chi connectivity index (χ4v) is 5.52. The van der Waals surface area contributed by atoms with Crippen molar-refractivity contribution in [2.75, 3.05) is 31.1 Å². The van der Waals surface area contributed by atoms with Crippen molar-refractivity contribution in [1.29, 1.82) is 0 Å². The molecule has 180 valence electrons. The maximum atomic E-state index is 13.6. The summed E-state index contributed by atoms with van der Waals surface area (Å²) in [6, 6.07) is 24.3. The van der Waals surface area contributed by atoms with Gasteiger partial charge in [0.1, 0.15) is 0 Å². The predicted molar refractivity (Wildman–Crippen MR) is 146 cm³/mol. The Labute approximate surface area is 216 Å². The average Bonchev–Trinajstić information content (AvgIpc) is 3.26. The predicted octanol–water partition coefficient (Wildman–Crippen LogP) is 6.84. The van der Waals surface area contributed by atoms with Crippen molar-refractivity contribution in [3.05, 3.63) is 100 Å². The van der Waals surface area contributed by atoms with Gasteiger partial charge in [0.15, 0.2) is 0 Å². The van der Waals surface area contributed by atoms with Crippen LogP contribution in [0.15, 0.2) is 79.0 Å². The van der Waals surface area contributed by atoms with Crippen molar-refractivity contribution in [3.8, 4) is 0 Å². The van der Waals surface area contributed by atoms with Crippen LogP contribution in [-0.2, 0) is 11.3 Å². The number of halogens is 2. The third-order valence-corrected chi connectivity index (χ3v) is 7.44.